The number of nitrogens with one attached hydrogen (secondary N) is 5. The van der Waals surface area contributed by atoms with E-state index < -0.39 is 175 Å². The summed E-state index contributed by atoms with van der Waals surface area (Å²) in [5.41, 5.74) is 0. The lowest BCUT2D eigenvalue weighted by Gasteiger charge is -2.42. The summed E-state index contributed by atoms with van der Waals surface area (Å²) < 4.78 is 5.78. The SMILES string of the molecule is C/C=C/C[C@@H](C)[C@@H](OC(C)=O)[C@@H](C(=O)N[C@@H](CC)C(=O)O)N(C)C(=O)[C@H](C(C)C)N(C)C(=O)[C@H](CC(C)C)N(C)C(=O)[C@H](CC(C)C)N(C)C(=O)[C@@H](C)NC(=O)[C@H](C)NC(=O)[C@H](CC(C)C)N(C)C(=O)[C@H](NC(=O)[C@@H]([C@@H](C)CCCCC(C)(C)[Si](O)(c1ccccc1)c1ccccc1)N(C)C(=O)[C@H](C)NC)C(C)C. The molecule has 614 valence electrons. The van der Waals surface area contributed by atoms with Gasteiger partial charge >= 0.3 is 11.9 Å². The van der Waals surface area contributed by atoms with Gasteiger partial charge in [-0.05, 0) is 137 Å². The van der Waals surface area contributed by atoms with Crippen molar-refractivity contribution in [1.29, 1.82) is 0 Å². The Hall–Kier alpha value is -8.04. The molecular formula is C82H137N11O15Si. The Morgan fingerprint density at radius 2 is 0.927 bits per heavy atom. The zero-order chi connectivity index (χ0) is 83.6. The van der Waals surface area contributed by atoms with Crippen molar-refractivity contribution in [2.75, 3.05) is 49.3 Å². The number of aliphatic carboxylic acids is 1. The Morgan fingerprint density at radius 3 is 1.37 bits per heavy atom. The smallest absolute Gasteiger partial charge is 0.326 e. The number of carbonyl (C=O) groups excluding carboxylic acids is 11. The maximum atomic E-state index is 15.2. The van der Waals surface area contributed by atoms with Crippen LogP contribution in [0.2, 0.25) is 5.04 Å². The van der Waals surface area contributed by atoms with Crippen LogP contribution in [-0.2, 0) is 62.3 Å². The fourth-order valence-electron chi connectivity index (χ4n) is 14.4. The highest BCUT2D eigenvalue weighted by Gasteiger charge is 2.51. The summed E-state index contributed by atoms with van der Waals surface area (Å²) in [6.07, 6.45) is 5.58. The topological polar surface area (TPSA) is 334 Å². The van der Waals surface area contributed by atoms with Crippen molar-refractivity contribution in [3.05, 3.63) is 72.8 Å². The molecular weight excluding hydrogens is 1410 g/mol. The molecule has 0 aliphatic rings. The molecule has 0 fully saturated rings. The molecule has 14 atom stereocenters. The summed E-state index contributed by atoms with van der Waals surface area (Å²) >= 11 is 0. The fourth-order valence-corrected chi connectivity index (χ4v) is 18.1. The highest BCUT2D eigenvalue weighted by atomic mass is 28.4. The largest absolute Gasteiger partial charge is 0.480 e. The van der Waals surface area contributed by atoms with Gasteiger partial charge < -0.3 is 70.6 Å². The van der Waals surface area contributed by atoms with Gasteiger partial charge in [0.2, 0.25) is 59.1 Å². The minimum atomic E-state index is -3.30. The van der Waals surface area contributed by atoms with Crippen LogP contribution in [0.4, 0.5) is 0 Å². The third-order valence-corrected chi connectivity index (χ3v) is 25.7. The highest BCUT2D eigenvalue weighted by molar-refractivity contribution is 6.98. The molecule has 7 N–H and O–H groups in total. The third-order valence-electron chi connectivity index (χ3n) is 21.2. The predicted octanol–water partition coefficient (Wildman–Crippen LogP) is 6.74. The molecule has 2 aromatic carbocycles. The average Bonchev–Trinajstić information content (AvgIpc) is 0.754. The minimum Gasteiger partial charge on any atom is -0.480 e. The molecule has 0 saturated carbocycles. The fraction of sp³-hybridized carbons (Fsp3) is 0.683. The summed E-state index contributed by atoms with van der Waals surface area (Å²) in [5.74, 6) is -11.2. The number of carboxylic acids is 1. The van der Waals surface area contributed by atoms with Crippen molar-refractivity contribution in [3.63, 3.8) is 0 Å². The van der Waals surface area contributed by atoms with Gasteiger partial charge in [-0.2, -0.15) is 0 Å². The summed E-state index contributed by atoms with van der Waals surface area (Å²) in [7, 11) is 7.01. The number of unbranched alkanes of at least 4 members (excludes halogenated alkanes) is 1. The number of nitrogens with zero attached hydrogens (tertiary/aromatic N) is 6. The number of carbonyl (C=O) groups is 12. The first-order chi connectivity index (χ1) is 50.6. The van der Waals surface area contributed by atoms with E-state index in [4.69, 9.17) is 4.74 Å². The lowest BCUT2D eigenvalue weighted by molar-refractivity contribution is -0.164. The molecule has 27 heteroatoms. The van der Waals surface area contributed by atoms with Gasteiger partial charge in [0.1, 0.15) is 66.5 Å². The van der Waals surface area contributed by atoms with Gasteiger partial charge in [0, 0.05) is 49.2 Å². The third kappa shape index (κ3) is 26.9. The number of amides is 10. The van der Waals surface area contributed by atoms with Gasteiger partial charge in [0.25, 0.3) is 8.32 Å². The van der Waals surface area contributed by atoms with E-state index in [2.05, 4.69) is 40.4 Å². The molecule has 0 bridgehead atoms. The van der Waals surface area contributed by atoms with Crippen molar-refractivity contribution in [3.8, 4) is 0 Å². The molecule has 0 spiro atoms. The molecule has 0 aliphatic heterocycles. The minimum absolute atomic E-state index is 0.00248. The molecule has 0 unspecified atom stereocenters. The summed E-state index contributed by atoms with van der Waals surface area (Å²) in [5, 5.41) is 25.2. The molecule has 0 heterocycles. The van der Waals surface area contributed by atoms with E-state index in [1.54, 1.807) is 81.6 Å². The van der Waals surface area contributed by atoms with Gasteiger partial charge in [0.05, 0.1) is 6.04 Å². The van der Waals surface area contributed by atoms with E-state index in [1.807, 2.05) is 109 Å². The van der Waals surface area contributed by atoms with Crippen molar-refractivity contribution >= 4 is 89.7 Å². The lowest BCUT2D eigenvalue weighted by Crippen LogP contribution is -2.65. The number of esters is 1. The zero-order valence-corrected chi connectivity index (χ0v) is 71.6. The van der Waals surface area contributed by atoms with E-state index in [-0.39, 0.29) is 49.3 Å². The van der Waals surface area contributed by atoms with Gasteiger partial charge in [-0.1, -0.05) is 190 Å². The number of allylic oxidation sites excluding steroid dienone is 2. The maximum absolute atomic E-state index is 15.2. The first-order valence-electron chi connectivity index (χ1n) is 39.0. The molecule has 0 radical (unpaired) electrons. The van der Waals surface area contributed by atoms with Crippen LogP contribution in [0.15, 0.2) is 72.8 Å². The molecule has 2 aromatic rings. The Balaban J connectivity index is 2.48. The maximum Gasteiger partial charge on any atom is 0.326 e. The summed E-state index contributed by atoms with van der Waals surface area (Å²) in [4.78, 5) is 192. The van der Waals surface area contributed by atoms with Crippen LogP contribution in [-0.4, -0.2) is 241 Å². The average molecular weight is 1550 g/mol. The molecule has 0 saturated heterocycles. The van der Waals surface area contributed by atoms with Gasteiger partial charge in [-0.3, -0.25) is 52.7 Å². The van der Waals surface area contributed by atoms with Crippen molar-refractivity contribution in [2.24, 2.45) is 41.4 Å². The van der Waals surface area contributed by atoms with Crippen LogP contribution in [0, 0.1) is 41.4 Å². The summed E-state index contributed by atoms with van der Waals surface area (Å²) in [6, 6.07) is 6.48. The molecule has 0 aliphatic carbocycles. The quantitative estimate of drug-likeness (QED) is 0.0156. The second-order valence-corrected chi connectivity index (χ2v) is 36.6. The number of ether oxygens (including phenoxy) is 1. The summed E-state index contributed by atoms with van der Waals surface area (Å²) in [6.45, 7) is 35.1. The van der Waals surface area contributed by atoms with E-state index in [1.165, 1.54) is 73.6 Å². The number of rotatable bonds is 45. The molecule has 26 nitrogen and oxygen atoms in total. The standard InChI is InChI=1S/C82H137N11O15Si/c1-28-30-39-55(14)70(108-59(18)94)69(74(98)86-62(29-2)81(105)106)93(27)80(104)67(53(11)12)91(25)78(102)65(48-51(7)8)90(24)77(101)64(47-50(5)6)89(23)76(100)58(17)85-71(95)56(15)84-72(96)63(46-49(3)4)88(22)79(103)66(52(9)10)87-73(97)68(92(26)75(99)57(16)83-21)54(13)40-37-38-45-82(19,20)109(107,60-41-33-31-34-42-60)61-43-35-32-36-44-61/h28,30-36,41-44,49-58,62-70,83,107H,29,37-40,45-48H2,1-27H3,(H,84,96)(H,85,95)(H,86,98)(H,87,97)(H,105,106)/b30-28+/t54-,55+,56-,57-,58+,62-,63-,64-,65-,66+,67-,68+,69-,70+/m0/s1. The van der Waals surface area contributed by atoms with Crippen LogP contribution < -0.4 is 37.0 Å². The monoisotopic (exact) mass is 1540 g/mol. The number of hydrogen-bond donors (Lipinski definition) is 7. The second kappa shape index (κ2) is 44.7. The van der Waals surface area contributed by atoms with Gasteiger partial charge in [-0.25, -0.2) is 4.79 Å². The van der Waals surface area contributed by atoms with E-state index in [9.17, 15) is 53.1 Å². The predicted molar refractivity (Wildman–Crippen MR) is 429 cm³/mol. The Kier molecular flexibility index (Phi) is 39.8. The van der Waals surface area contributed by atoms with Crippen LogP contribution in [0.1, 0.15) is 196 Å². The number of benzene rings is 2. The van der Waals surface area contributed by atoms with Crippen LogP contribution in [0.5, 0.6) is 0 Å². The Bertz CT molecular complexity index is 3310. The number of likely N-dealkylation sites (N-methyl/N-ethyl adjacent to an activating group) is 7. The Morgan fingerprint density at radius 1 is 0.495 bits per heavy atom. The van der Waals surface area contributed by atoms with E-state index in [0.717, 1.165) is 22.2 Å². The second-order valence-electron chi connectivity index (χ2n) is 32.6. The van der Waals surface area contributed by atoms with Crippen LogP contribution in [0.25, 0.3) is 0 Å². The van der Waals surface area contributed by atoms with Gasteiger partial charge in [-0.15, -0.1) is 0 Å². The van der Waals surface area contributed by atoms with Gasteiger partial charge in [0.15, 0.2) is 0 Å². The first kappa shape index (κ1) is 97.0. The van der Waals surface area contributed by atoms with Crippen molar-refractivity contribution in [1.82, 2.24) is 56.0 Å². The van der Waals surface area contributed by atoms with Crippen LogP contribution in [0.3, 0.4) is 0 Å². The highest BCUT2D eigenvalue weighted by Crippen LogP contribution is 2.41. The normalized spacial score (nSPS) is 15.9. The van der Waals surface area contributed by atoms with Crippen molar-refractivity contribution in [2.45, 2.75) is 274 Å². The molecule has 2 rings (SSSR count). The van der Waals surface area contributed by atoms with Crippen LogP contribution >= 0.6 is 0 Å². The molecule has 109 heavy (non-hydrogen) atoms. The lowest BCUT2D eigenvalue weighted by atomic mass is 9.91. The first-order valence-corrected chi connectivity index (χ1v) is 40.9. The Labute approximate surface area is 652 Å². The van der Waals surface area contributed by atoms with Crippen molar-refractivity contribution < 1.29 is 72.2 Å². The molecule has 10 amide bonds. The number of hydrogen-bond acceptors (Lipinski definition) is 15. The van der Waals surface area contributed by atoms with E-state index in [0.29, 0.717) is 32.1 Å². The zero-order valence-electron chi connectivity index (χ0n) is 70.6. The molecule has 0 aromatic heterocycles. The number of carboxylic acid groups (broad SMARTS) is 1. The van der Waals surface area contributed by atoms with E-state index >= 15 is 14.4 Å².